The van der Waals surface area contributed by atoms with Gasteiger partial charge in [0.2, 0.25) is 0 Å². The third kappa shape index (κ3) is 4.36. The maximum absolute atomic E-state index is 12.3. The predicted molar refractivity (Wildman–Crippen MR) is 106 cm³/mol. The van der Waals surface area contributed by atoms with Crippen molar-refractivity contribution in [2.24, 2.45) is 5.92 Å². The van der Waals surface area contributed by atoms with E-state index in [1.54, 1.807) is 24.3 Å². The van der Waals surface area contributed by atoms with Gasteiger partial charge < -0.3 is 14.5 Å². The van der Waals surface area contributed by atoms with Crippen LogP contribution in [0.3, 0.4) is 0 Å². The quantitative estimate of drug-likeness (QED) is 0.648. The molecule has 6 nitrogen and oxygen atoms in total. The highest BCUT2D eigenvalue weighted by Crippen LogP contribution is 2.25. The number of rotatable bonds is 6. The molecule has 2 heterocycles. The molecule has 1 N–H and O–H groups in total. The Kier molecular flexibility index (Phi) is 5.60. The van der Waals surface area contributed by atoms with Crippen molar-refractivity contribution in [2.45, 2.75) is 34.3 Å². The van der Waals surface area contributed by atoms with Gasteiger partial charge in [0.25, 0.3) is 5.56 Å². The number of nitrogens with zero attached hydrogens (tertiary/aromatic N) is 1. The predicted octanol–water partition coefficient (Wildman–Crippen LogP) is 3.99. The lowest BCUT2D eigenvalue weighted by Gasteiger charge is -2.09. The van der Waals surface area contributed by atoms with Crippen LogP contribution in [0, 0.1) is 19.8 Å². The SMILES string of the molecule is Cc1sc2nc(COC(=O)c3ccc(OCC(C)C)cc3)[nH]c(=O)c2c1C. The molecule has 0 saturated heterocycles. The zero-order valence-electron chi connectivity index (χ0n) is 15.8. The maximum Gasteiger partial charge on any atom is 0.338 e. The van der Waals surface area contributed by atoms with E-state index in [9.17, 15) is 9.59 Å². The van der Waals surface area contributed by atoms with Gasteiger partial charge in [0, 0.05) is 4.88 Å². The van der Waals surface area contributed by atoms with E-state index in [0.29, 0.717) is 39.9 Å². The van der Waals surface area contributed by atoms with E-state index in [4.69, 9.17) is 9.47 Å². The van der Waals surface area contributed by atoms with Gasteiger partial charge in [-0.3, -0.25) is 4.79 Å². The summed E-state index contributed by atoms with van der Waals surface area (Å²) in [5.74, 6) is 0.989. The molecule has 3 rings (SSSR count). The van der Waals surface area contributed by atoms with Crippen LogP contribution in [-0.4, -0.2) is 22.5 Å². The molecular weight excluding hydrogens is 364 g/mol. The van der Waals surface area contributed by atoms with Gasteiger partial charge in [-0.15, -0.1) is 11.3 Å². The van der Waals surface area contributed by atoms with E-state index in [-0.39, 0.29) is 12.2 Å². The summed E-state index contributed by atoms with van der Waals surface area (Å²) in [6.07, 6.45) is 0. The Labute approximate surface area is 161 Å². The molecule has 0 aliphatic carbocycles. The third-order valence-corrected chi connectivity index (χ3v) is 5.20. The number of esters is 1. The van der Waals surface area contributed by atoms with Gasteiger partial charge in [-0.2, -0.15) is 0 Å². The summed E-state index contributed by atoms with van der Waals surface area (Å²) in [7, 11) is 0. The fraction of sp³-hybridized carbons (Fsp3) is 0.350. The van der Waals surface area contributed by atoms with Gasteiger partial charge in [0.1, 0.15) is 23.0 Å². The average molecular weight is 386 g/mol. The van der Waals surface area contributed by atoms with E-state index < -0.39 is 5.97 Å². The molecule has 0 amide bonds. The standard InChI is InChI=1S/C20H22N2O4S/c1-11(2)9-25-15-7-5-14(6-8-15)20(24)26-10-16-21-18(23)17-12(3)13(4)27-19(17)22-16/h5-8,11H,9-10H2,1-4H3,(H,21,22,23). The number of aromatic amines is 1. The van der Waals surface area contributed by atoms with Crippen molar-refractivity contribution < 1.29 is 14.3 Å². The number of hydrogen-bond donors (Lipinski definition) is 1. The van der Waals surface area contributed by atoms with Gasteiger partial charge in [-0.25, -0.2) is 9.78 Å². The molecule has 0 fully saturated rings. The second kappa shape index (κ2) is 7.92. The van der Waals surface area contributed by atoms with Crippen LogP contribution < -0.4 is 10.3 Å². The zero-order chi connectivity index (χ0) is 19.6. The van der Waals surface area contributed by atoms with E-state index in [1.807, 2.05) is 13.8 Å². The van der Waals surface area contributed by atoms with Crippen LogP contribution in [-0.2, 0) is 11.3 Å². The Morgan fingerprint density at radius 3 is 2.59 bits per heavy atom. The molecule has 1 aromatic carbocycles. The van der Waals surface area contributed by atoms with Crippen molar-refractivity contribution in [1.82, 2.24) is 9.97 Å². The first-order chi connectivity index (χ1) is 12.8. The van der Waals surface area contributed by atoms with Gasteiger partial charge in [-0.05, 0) is 49.6 Å². The van der Waals surface area contributed by atoms with Gasteiger partial charge in [0.15, 0.2) is 0 Å². The molecule has 27 heavy (non-hydrogen) atoms. The molecular formula is C20H22N2O4S. The monoisotopic (exact) mass is 386 g/mol. The molecule has 0 aliphatic rings. The van der Waals surface area contributed by atoms with Crippen LogP contribution >= 0.6 is 11.3 Å². The summed E-state index contributed by atoms with van der Waals surface area (Å²) in [6.45, 7) is 8.52. The van der Waals surface area contributed by atoms with Crippen molar-refractivity contribution in [3.8, 4) is 5.75 Å². The first-order valence-corrected chi connectivity index (χ1v) is 9.55. The highest BCUT2D eigenvalue weighted by Gasteiger charge is 2.13. The number of aromatic nitrogens is 2. The Bertz CT molecular complexity index is 1020. The molecule has 7 heteroatoms. The van der Waals surface area contributed by atoms with Crippen LogP contribution in [0.4, 0.5) is 0 Å². The van der Waals surface area contributed by atoms with Crippen LogP contribution in [0.25, 0.3) is 10.2 Å². The Morgan fingerprint density at radius 1 is 1.22 bits per heavy atom. The number of benzene rings is 1. The molecule has 0 radical (unpaired) electrons. The number of carbonyl (C=O) groups excluding carboxylic acids is 1. The van der Waals surface area contributed by atoms with Crippen molar-refractivity contribution in [3.63, 3.8) is 0 Å². The fourth-order valence-corrected chi connectivity index (χ4v) is 3.58. The normalized spacial score (nSPS) is 11.1. The van der Waals surface area contributed by atoms with Gasteiger partial charge in [-0.1, -0.05) is 13.8 Å². The molecule has 0 bridgehead atoms. The number of H-pyrrole nitrogens is 1. The minimum atomic E-state index is -0.480. The maximum atomic E-state index is 12.3. The van der Waals surface area contributed by atoms with Gasteiger partial charge >= 0.3 is 5.97 Å². The Balaban J connectivity index is 1.67. The van der Waals surface area contributed by atoms with Crippen molar-refractivity contribution in [1.29, 1.82) is 0 Å². The smallest absolute Gasteiger partial charge is 0.338 e. The summed E-state index contributed by atoms with van der Waals surface area (Å²) in [5, 5.41) is 0.601. The number of thiophene rings is 1. The number of nitrogens with one attached hydrogen (secondary N) is 1. The second-order valence-electron chi connectivity index (χ2n) is 6.78. The number of aryl methyl sites for hydroxylation is 2. The largest absolute Gasteiger partial charge is 0.493 e. The number of fused-ring (bicyclic) bond motifs is 1. The third-order valence-electron chi connectivity index (χ3n) is 4.10. The fourth-order valence-electron chi connectivity index (χ4n) is 2.53. The zero-order valence-corrected chi connectivity index (χ0v) is 16.6. The molecule has 2 aromatic heterocycles. The molecule has 3 aromatic rings. The summed E-state index contributed by atoms with van der Waals surface area (Å²) in [4.78, 5) is 33.3. The van der Waals surface area contributed by atoms with E-state index in [1.165, 1.54) is 11.3 Å². The van der Waals surface area contributed by atoms with Crippen LogP contribution in [0.1, 0.15) is 40.5 Å². The lowest BCUT2D eigenvalue weighted by atomic mass is 10.2. The summed E-state index contributed by atoms with van der Waals surface area (Å²) < 4.78 is 10.9. The van der Waals surface area contributed by atoms with Gasteiger partial charge in [0.05, 0.1) is 17.6 Å². The van der Waals surface area contributed by atoms with Crippen molar-refractivity contribution in [2.75, 3.05) is 6.61 Å². The van der Waals surface area contributed by atoms with Crippen LogP contribution in [0.15, 0.2) is 29.1 Å². The topological polar surface area (TPSA) is 81.3 Å². The van der Waals surface area contributed by atoms with E-state index in [0.717, 1.165) is 10.4 Å². The summed E-state index contributed by atoms with van der Waals surface area (Å²) >= 11 is 1.46. The van der Waals surface area contributed by atoms with Crippen LogP contribution in [0.5, 0.6) is 5.75 Å². The second-order valence-corrected chi connectivity index (χ2v) is 7.98. The van der Waals surface area contributed by atoms with Crippen LogP contribution in [0.2, 0.25) is 0 Å². The first kappa shape index (κ1) is 19.1. The summed E-state index contributed by atoms with van der Waals surface area (Å²) in [6, 6.07) is 6.79. The Morgan fingerprint density at radius 2 is 1.93 bits per heavy atom. The van der Waals surface area contributed by atoms with Crippen molar-refractivity contribution in [3.05, 3.63) is 56.4 Å². The first-order valence-electron chi connectivity index (χ1n) is 8.74. The summed E-state index contributed by atoms with van der Waals surface area (Å²) in [5.41, 5.74) is 1.14. The van der Waals surface area contributed by atoms with Crippen molar-refractivity contribution >= 4 is 27.5 Å². The number of carbonyl (C=O) groups is 1. The number of ether oxygens (including phenoxy) is 2. The number of hydrogen-bond acceptors (Lipinski definition) is 6. The minimum Gasteiger partial charge on any atom is -0.493 e. The minimum absolute atomic E-state index is 0.0917. The lowest BCUT2D eigenvalue weighted by molar-refractivity contribution is 0.0462. The molecule has 0 atom stereocenters. The molecule has 0 saturated carbocycles. The van der Waals surface area contributed by atoms with E-state index >= 15 is 0 Å². The molecule has 142 valence electrons. The average Bonchev–Trinajstić information content (AvgIpc) is 2.92. The molecule has 0 unspecified atom stereocenters. The molecule has 0 aliphatic heterocycles. The van der Waals surface area contributed by atoms with E-state index in [2.05, 4.69) is 23.8 Å². The lowest BCUT2D eigenvalue weighted by Crippen LogP contribution is -2.14. The Hall–Kier alpha value is -2.67. The highest BCUT2D eigenvalue weighted by molar-refractivity contribution is 7.18. The highest BCUT2D eigenvalue weighted by atomic mass is 32.1. The molecule has 0 spiro atoms.